The Hall–Kier alpha value is -2.76. The molecule has 1 aromatic carbocycles. The minimum Gasteiger partial charge on any atom is -0.303 e. The van der Waals surface area contributed by atoms with E-state index >= 15 is 0 Å². The highest BCUT2D eigenvalue weighted by Gasteiger charge is 2.12. The molecule has 3 aromatic rings. The third-order valence-electron chi connectivity index (χ3n) is 3.19. The third kappa shape index (κ3) is 1.91. The first-order valence-corrected chi connectivity index (χ1v) is 6.12. The molecule has 0 spiro atoms. The maximum atomic E-state index is 10.9. The van der Waals surface area contributed by atoms with Gasteiger partial charge in [-0.25, -0.2) is 4.98 Å². The van der Waals surface area contributed by atoms with Crippen LogP contribution >= 0.6 is 0 Å². The Bertz CT molecular complexity index is 823. The largest absolute Gasteiger partial charge is 0.303 e. The lowest BCUT2D eigenvalue weighted by molar-refractivity contribution is -0.384. The Morgan fingerprint density at radius 1 is 1.25 bits per heavy atom. The summed E-state index contributed by atoms with van der Waals surface area (Å²) in [6, 6.07) is 6.60. The number of nitro groups is 1. The monoisotopic (exact) mass is 268 g/mol. The van der Waals surface area contributed by atoms with E-state index in [9.17, 15) is 10.1 Å². The van der Waals surface area contributed by atoms with Gasteiger partial charge in [0.2, 0.25) is 0 Å². The lowest BCUT2D eigenvalue weighted by atomic mass is 10.1. The van der Waals surface area contributed by atoms with Crippen LogP contribution in [0.25, 0.3) is 16.6 Å². The van der Waals surface area contributed by atoms with E-state index in [-0.39, 0.29) is 5.69 Å². The van der Waals surface area contributed by atoms with Gasteiger partial charge in [-0.05, 0) is 26.0 Å². The van der Waals surface area contributed by atoms with Crippen molar-refractivity contribution in [1.29, 1.82) is 0 Å². The van der Waals surface area contributed by atoms with Crippen LogP contribution in [0.2, 0.25) is 0 Å². The predicted octanol–water partition coefficient (Wildman–Crippen LogP) is 2.95. The van der Waals surface area contributed by atoms with Crippen molar-refractivity contribution in [3.05, 3.63) is 58.3 Å². The topological polar surface area (TPSA) is 73.8 Å². The molecule has 0 saturated heterocycles. The second-order valence-corrected chi connectivity index (χ2v) is 4.59. The summed E-state index contributed by atoms with van der Waals surface area (Å²) in [5.74, 6) is 0.823. The molecular formula is C14H12N4O2. The maximum absolute atomic E-state index is 10.9. The number of hydrogen-bond acceptors (Lipinski definition) is 4. The Morgan fingerprint density at radius 3 is 2.70 bits per heavy atom. The molecule has 0 aliphatic carbocycles. The van der Waals surface area contributed by atoms with Gasteiger partial charge in [0.05, 0.1) is 16.1 Å². The molecule has 0 saturated carbocycles. The number of imidazole rings is 1. The van der Waals surface area contributed by atoms with Gasteiger partial charge in [-0.15, -0.1) is 0 Å². The van der Waals surface area contributed by atoms with Crippen molar-refractivity contribution in [2.75, 3.05) is 0 Å². The molecule has 0 bridgehead atoms. The minimum atomic E-state index is -0.399. The third-order valence-corrected chi connectivity index (χ3v) is 3.19. The second kappa shape index (κ2) is 4.41. The zero-order valence-electron chi connectivity index (χ0n) is 11.1. The molecular weight excluding hydrogens is 256 g/mol. The van der Waals surface area contributed by atoms with E-state index in [1.165, 1.54) is 6.07 Å². The summed E-state index contributed by atoms with van der Waals surface area (Å²) in [7, 11) is 0. The van der Waals surface area contributed by atoms with Crippen LogP contribution in [0.3, 0.4) is 0 Å². The van der Waals surface area contributed by atoms with E-state index in [4.69, 9.17) is 0 Å². The van der Waals surface area contributed by atoms with Crippen molar-refractivity contribution in [2.45, 2.75) is 13.8 Å². The average Bonchev–Trinajstić information content (AvgIpc) is 2.83. The normalized spacial score (nSPS) is 10.9. The zero-order valence-corrected chi connectivity index (χ0v) is 11.1. The number of aromatic nitrogens is 3. The van der Waals surface area contributed by atoms with Gasteiger partial charge in [-0.3, -0.25) is 15.1 Å². The van der Waals surface area contributed by atoms with E-state index < -0.39 is 4.92 Å². The fourth-order valence-corrected chi connectivity index (χ4v) is 2.27. The summed E-state index contributed by atoms with van der Waals surface area (Å²) in [5, 5.41) is 11.7. The molecule has 0 fully saturated rings. The highest BCUT2D eigenvalue weighted by molar-refractivity contribution is 5.89. The van der Waals surface area contributed by atoms with Crippen LogP contribution in [0.15, 0.2) is 36.7 Å². The van der Waals surface area contributed by atoms with Crippen molar-refractivity contribution in [2.24, 2.45) is 0 Å². The minimum absolute atomic E-state index is 0.0576. The first-order valence-electron chi connectivity index (χ1n) is 6.12. The van der Waals surface area contributed by atoms with Gasteiger partial charge in [0.25, 0.3) is 5.69 Å². The molecule has 0 aliphatic heterocycles. The quantitative estimate of drug-likeness (QED) is 0.529. The van der Waals surface area contributed by atoms with Crippen LogP contribution in [-0.4, -0.2) is 19.5 Å². The van der Waals surface area contributed by atoms with E-state index in [0.717, 1.165) is 28.1 Å². The molecule has 6 heteroatoms. The smallest absolute Gasteiger partial charge is 0.270 e. The highest BCUT2D eigenvalue weighted by atomic mass is 16.6. The molecule has 0 N–H and O–H groups in total. The first kappa shape index (κ1) is 12.3. The van der Waals surface area contributed by atoms with Crippen LogP contribution in [-0.2, 0) is 0 Å². The number of non-ortho nitro benzene ring substituents is 1. The van der Waals surface area contributed by atoms with E-state index in [0.29, 0.717) is 0 Å². The first-order chi connectivity index (χ1) is 9.56. The van der Waals surface area contributed by atoms with Gasteiger partial charge < -0.3 is 4.57 Å². The summed E-state index contributed by atoms with van der Waals surface area (Å²) in [6.45, 7) is 3.79. The highest BCUT2D eigenvalue weighted by Crippen LogP contribution is 2.26. The van der Waals surface area contributed by atoms with Gasteiger partial charge >= 0.3 is 0 Å². The molecule has 2 heterocycles. The van der Waals surface area contributed by atoms with Crippen molar-refractivity contribution < 1.29 is 4.92 Å². The molecule has 0 unspecified atom stereocenters. The molecule has 6 nitrogen and oxygen atoms in total. The molecule has 3 rings (SSSR count). The van der Waals surface area contributed by atoms with Crippen LogP contribution in [0.1, 0.15) is 11.5 Å². The van der Waals surface area contributed by atoms with Gasteiger partial charge in [0.15, 0.2) is 0 Å². The summed E-state index contributed by atoms with van der Waals surface area (Å²) in [6.07, 6.45) is 3.54. The van der Waals surface area contributed by atoms with Gasteiger partial charge in [0.1, 0.15) is 5.82 Å². The molecule has 0 atom stereocenters. The summed E-state index contributed by atoms with van der Waals surface area (Å²) in [4.78, 5) is 19.2. The summed E-state index contributed by atoms with van der Waals surface area (Å²) >= 11 is 0. The lowest BCUT2D eigenvalue weighted by Gasteiger charge is -2.10. The second-order valence-electron chi connectivity index (χ2n) is 4.59. The Kier molecular flexibility index (Phi) is 2.71. The van der Waals surface area contributed by atoms with Crippen molar-refractivity contribution >= 4 is 16.6 Å². The van der Waals surface area contributed by atoms with Crippen LogP contribution < -0.4 is 0 Å². The summed E-state index contributed by atoms with van der Waals surface area (Å²) in [5.41, 5.74) is 2.50. The fourth-order valence-electron chi connectivity index (χ4n) is 2.27. The predicted molar refractivity (Wildman–Crippen MR) is 75.0 cm³/mol. The fraction of sp³-hybridized carbons (Fsp3) is 0.143. The Morgan fingerprint density at radius 2 is 2.05 bits per heavy atom. The molecule has 0 radical (unpaired) electrons. The van der Waals surface area contributed by atoms with Crippen molar-refractivity contribution in [3.63, 3.8) is 0 Å². The number of aryl methyl sites for hydroxylation is 2. The average molecular weight is 268 g/mol. The molecule has 20 heavy (non-hydrogen) atoms. The number of nitrogens with zero attached hydrogens (tertiary/aromatic N) is 4. The standard InChI is InChI=1S/C14H12N4O2/c1-9-7-14(17-6-5-15-10(17)2)12-8-11(18(19)20)3-4-13(12)16-9/h3-8H,1-2H3. The number of fused-ring (bicyclic) bond motifs is 1. The van der Waals surface area contributed by atoms with E-state index in [1.807, 2.05) is 30.7 Å². The molecule has 2 aromatic heterocycles. The van der Waals surface area contributed by atoms with Crippen molar-refractivity contribution in [1.82, 2.24) is 14.5 Å². The van der Waals surface area contributed by atoms with Crippen LogP contribution in [0.5, 0.6) is 0 Å². The molecule has 0 aliphatic rings. The number of benzene rings is 1. The number of hydrogen-bond donors (Lipinski definition) is 0. The van der Waals surface area contributed by atoms with Gasteiger partial charge in [-0.1, -0.05) is 0 Å². The van der Waals surface area contributed by atoms with Crippen LogP contribution in [0, 0.1) is 24.0 Å². The number of nitro benzene ring substituents is 1. The zero-order chi connectivity index (χ0) is 14.3. The maximum Gasteiger partial charge on any atom is 0.270 e. The number of rotatable bonds is 2. The number of pyridine rings is 1. The molecule has 0 amide bonds. The van der Waals surface area contributed by atoms with Gasteiger partial charge in [-0.2, -0.15) is 0 Å². The van der Waals surface area contributed by atoms with Crippen LogP contribution in [0.4, 0.5) is 5.69 Å². The summed E-state index contributed by atoms with van der Waals surface area (Å²) < 4.78 is 1.90. The van der Waals surface area contributed by atoms with E-state index in [2.05, 4.69) is 9.97 Å². The molecule has 100 valence electrons. The van der Waals surface area contributed by atoms with Crippen molar-refractivity contribution in [3.8, 4) is 5.69 Å². The Labute approximate surface area is 114 Å². The lowest BCUT2D eigenvalue weighted by Crippen LogP contribution is -2.00. The van der Waals surface area contributed by atoms with E-state index in [1.54, 1.807) is 18.3 Å². The van der Waals surface area contributed by atoms with Gasteiger partial charge in [0, 0.05) is 35.6 Å². The SMILES string of the molecule is Cc1cc(-n2ccnc2C)c2cc([N+](=O)[O-])ccc2n1. The Balaban J connectivity index is 2.37.